The molecule has 2 saturated carbocycles. The van der Waals surface area contributed by atoms with Crippen molar-refractivity contribution in [1.82, 2.24) is 19.2 Å². The molecule has 0 unspecified atom stereocenters. The van der Waals surface area contributed by atoms with E-state index in [0.717, 1.165) is 49.9 Å². The molecule has 0 bridgehead atoms. The van der Waals surface area contributed by atoms with Crippen LogP contribution >= 0.6 is 0 Å². The minimum atomic E-state index is -3.24. The van der Waals surface area contributed by atoms with Crippen LogP contribution in [0.5, 0.6) is 0 Å². The van der Waals surface area contributed by atoms with E-state index in [1.54, 1.807) is 16.6 Å². The van der Waals surface area contributed by atoms with Crippen LogP contribution in [-0.2, 0) is 10.0 Å². The van der Waals surface area contributed by atoms with E-state index in [-0.39, 0.29) is 17.5 Å². The first kappa shape index (κ1) is 24.4. The number of hydrogen-bond donors (Lipinski definition) is 1. The van der Waals surface area contributed by atoms with Gasteiger partial charge in [0.15, 0.2) is 0 Å². The van der Waals surface area contributed by atoms with Gasteiger partial charge < -0.3 is 10.2 Å². The molecule has 2 aliphatic carbocycles. The summed E-state index contributed by atoms with van der Waals surface area (Å²) in [5, 5.41) is 4.04. The zero-order valence-electron chi connectivity index (χ0n) is 21.0. The van der Waals surface area contributed by atoms with Gasteiger partial charge in [0.25, 0.3) is 6.43 Å². The van der Waals surface area contributed by atoms with Crippen LogP contribution in [0.1, 0.15) is 75.3 Å². The van der Waals surface area contributed by atoms with E-state index >= 15 is 0 Å². The molecule has 0 atom stereocenters. The first-order valence-electron chi connectivity index (χ1n) is 13.1. The smallest absolute Gasteiger partial charge is 0.263 e. The van der Waals surface area contributed by atoms with E-state index < -0.39 is 21.2 Å². The lowest BCUT2D eigenvalue weighted by Crippen LogP contribution is -2.46. The molecule has 4 aliphatic rings. The SMILES string of the molecule is CN1CCC2(CC(c3cc(C(F)F)cc4cnc(NC5CCN(S(=O)(=O)C6(C)CC6)CC5)nc34)C2)C1. The van der Waals surface area contributed by atoms with Crippen molar-refractivity contribution in [3.63, 3.8) is 0 Å². The van der Waals surface area contributed by atoms with Gasteiger partial charge in [0.1, 0.15) is 0 Å². The number of aromatic nitrogens is 2. The van der Waals surface area contributed by atoms with Crippen molar-refractivity contribution >= 4 is 26.9 Å². The molecule has 2 saturated heterocycles. The van der Waals surface area contributed by atoms with Gasteiger partial charge in [-0.15, -0.1) is 0 Å². The largest absolute Gasteiger partial charge is 0.351 e. The standard InChI is InChI=1S/C26H35F2N5O2S/c1-25(5-6-25)36(34,35)33-8-3-20(4-9-33)30-24-29-15-18-11-17(23(27)28)12-21(22(18)31-24)19-13-26(14-19)7-10-32(2)16-26/h11-12,15,19-20,23H,3-10,13-14,16H2,1-2H3,(H,29,30,31). The number of sulfonamides is 1. The second-order valence-corrected chi connectivity index (χ2v) is 14.4. The van der Waals surface area contributed by atoms with Crippen LogP contribution in [0.25, 0.3) is 10.9 Å². The lowest BCUT2D eigenvalue weighted by atomic mass is 9.59. The summed E-state index contributed by atoms with van der Waals surface area (Å²) in [7, 11) is -1.09. The number of piperidine rings is 1. The molecule has 1 spiro atoms. The third kappa shape index (κ3) is 4.19. The summed E-state index contributed by atoms with van der Waals surface area (Å²) in [6, 6.07) is 3.24. The number of anilines is 1. The molecule has 3 heterocycles. The summed E-state index contributed by atoms with van der Waals surface area (Å²) in [6.45, 7) is 4.99. The molecule has 0 amide bonds. The number of nitrogens with zero attached hydrogens (tertiary/aromatic N) is 4. The highest BCUT2D eigenvalue weighted by atomic mass is 32.2. The molecule has 2 aliphatic heterocycles. The van der Waals surface area contributed by atoms with Gasteiger partial charge in [-0.25, -0.2) is 31.5 Å². The fourth-order valence-corrected chi connectivity index (χ4v) is 8.50. The molecule has 36 heavy (non-hydrogen) atoms. The average Bonchev–Trinajstić information content (AvgIpc) is 3.47. The van der Waals surface area contributed by atoms with Crippen LogP contribution < -0.4 is 5.32 Å². The van der Waals surface area contributed by atoms with Crippen LogP contribution in [0.4, 0.5) is 14.7 Å². The van der Waals surface area contributed by atoms with Gasteiger partial charge in [0, 0.05) is 42.8 Å². The van der Waals surface area contributed by atoms with Crippen LogP contribution in [-0.4, -0.2) is 71.6 Å². The molecule has 4 fully saturated rings. The van der Waals surface area contributed by atoms with Crippen molar-refractivity contribution in [1.29, 1.82) is 0 Å². The zero-order chi connectivity index (χ0) is 25.3. The number of hydrogen-bond acceptors (Lipinski definition) is 6. The number of benzene rings is 1. The highest BCUT2D eigenvalue weighted by molar-refractivity contribution is 7.90. The minimum Gasteiger partial charge on any atom is -0.351 e. The van der Waals surface area contributed by atoms with Gasteiger partial charge in [0.05, 0.1) is 10.3 Å². The van der Waals surface area contributed by atoms with Gasteiger partial charge in [-0.1, -0.05) is 0 Å². The zero-order valence-corrected chi connectivity index (χ0v) is 21.8. The number of fused-ring (bicyclic) bond motifs is 1. The fraction of sp³-hybridized carbons (Fsp3) is 0.692. The number of nitrogens with one attached hydrogen (secondary N) is 1. The van der Waals surface area contributed by atoms with E-state index in [4.69, 9.17) is 4.98 Å². The molecule has 1 aromatic carbocycles. The van der Waals surface area contributed by atoms with E-state index in [1.807, 2.05) is 6.92 Å². The monoisotopic (exact) mass is 519 g/mol. The predicted octanol–water partition coefficient (Wildman–Crippen LogP) is 4.53. The quantitative estimate of drug-likeness (QED) is 0.605. The van der Waals surface area contributed by atoms with Crippen molar-refractivity contribution in [2.24, 2.45) is 5.41 Å². The Morgan fingerprint density at radius 3 is 2.44 bits per heavy atom. The van der Waals surface area contributed by atoms with E-state index in [9.17, 15) is 17.2 Å². The Labute approximate surface area is 211 Å². The molecule has 10 heteroatoms. The molecule has 6 rings (SSSR count). The third-order valence-corrected chi connectivity index (χ3v) is 11.8. The third-order valence-electron chi connectivity index (χ3n) is 9.12. The maximum atomic E-state index is 13.7. The van der Waals surface area contributed by atoms with Gasteiger partial charge in [-0.2, -0.15) is 0 Å². The van der Waals surface area contributed by atoms with Crippen molar-refractivity contribution in [2.75, 3.05) is 38.5 Å². The van der Waals surface area contributed by atoms with Crippen molar-refractivity contribution in [2.45, 2.75) is 75.0 Å². The predicted molar refractivity (Wildman–Crippen MR) is 136 cm³/mol. The summed E-state index contributed by atoms with van der Waals surface area (Å²) in [6.07, 6.45) is 5.17. The molecule has 1 N–H and O–H groups in total. The van der Waals surface area contributed by atoms with Gasteiger partial charge in [-0.3, -0.25) is 0 Å². The molecule has 2 aromatic rings. The minimum absolute atomic E-state index is 0.0317. The maximum Gasteiger partial charge on any atom is 0.263 e. The highest BCUT2D eigenvalue weighted by Gasteiger charge is 2.53. The Hall–Kier alpha value is -1.91. The van der Waals surface area contributed by atoms with Gasteiger partial charge in [0.2, 0.25) is 16.0 Å². The molecular formula is C26H35F2N5O2S. The molecule has 196 valence electrons. The van der Waals surface area contributed by atoms with Crippen molar-refractivity contribution in [3.8, 4) is 0 Å². The Balaban J connectivity index is 1.20. The number of alkyl halides is 2. The Bertz CT molecular complexity index is 1270. The Kier molecular flexibility index (Phi) is 5.81. The van der Waals surface area contributed by atoms with E-state index in [0.29, 0.717) is 42.7 Å². The van der Waals surface area contributed by atoms with E-state index in [1.165, 1.54) is 12.5 Å². The normalized spacial score (nSPS) is 29.2. The molecular weight excluding hydrogens is 484 g/mol. The Morgan fingerprint density at radius 2 is 1.83 bits per heavy atom. The molecule has 7 nitrogen and oxygen atoms in total. The number of rotatable bonds is 6. The molecule has 0 radical (unpaired) electrons. The first-order chi connectivity index (χ1) is 17.1. The lowest BCUT2D eigenvalue weighted by Gasteiger charge is -2.46. The Morgan fingerprint density at radius 1 is 1.11 bits per heavy atom. The molecule has 1 aromatic heterocycles. The fourth-order valence-electron chi connectivity index (χ4n) is 6.57. The summed E-state index contributed by atoms with van der Waals surface area (Å²) < 4.78 is 54.1. The number of halogens is 2. The van der Waals surface area contributed by atoms with Crippen LogP contribution in [0.2, 0.25) is 0 Å². The maximum absolute atomic E-state index is 13.7. The van der Waals surface area contributed by atoms with Crippen LogP contribution in [0.15, 0.2) is 18.3 Å². The summed E-state index contributed by atoms with van der Waals surface area (Å²) in [4.78, 5) is 11.6. The summed E-state index contributed by atoms with van der Waals surface area (Å²) >= 11 is 0. The first-order valence-corrected chi connectivity index (χ1v) is 14.6. The van der Waals surface area contributed by atoms with Crippen LogP contribution in [0.3, 0.4) is 0 Å². The van der Waals surface area contributed by atoms with Crippen molar-refractivity contribution < 1.29 is 17.2 Å². The number of likely N-dealkylation sites (tertiary alicyclic amines) is 1. The summed E-state index contributed by atoms with van der Waals surface area (Å²) in [5.74, 6) is 0.719. The second-order valence-electron chi connectivity index (χ2n) is 11.9. The average molecular weight is 520 g/mol. The van der Waals surface area contributed by atoms with Crippen LogP contribution in [0, 0.1) is 5.41 Å². The van der Waals surface area contributed by atoms with E-state index in [2.05, 4.69) is 22.2 Å². The second kappa shape index (κ2) is 8.56. The van der Waals surface area contributed by atoms with Crippen molar-refractivity contribution in [3.05, 3.63) is 29.5 Å². The topological polar surface area (TPSA) is 78.4 Å². The lowest BCUT2D eigenvalue weighted by molar-refractivity contribution is 0.113. The van der Waals surface area contributed by atoms with Gasteiger partial charge in [-0.05, 0) is 94.5 Å². The summed E-state index contributed by atoms with van der Waals surface area (Å²) in [5.41, 5.74) is 2.01. The highest BCUT2D eigenvalue weighted by Crippen LogP contribution is 2.56. The van der Waals surface area contributed by atoms with Gasteiger partial charge >= 0.3 is 0 Å².